The van der Waals surface area contributed by atoms with Crippen molar-refractivity contribution in [1.82, 2.24) is 24.0 Å². The molecule has 1 saturated heterocycles. The van der Waals surface area contributed by atoms with Crippen molar-refractivity contribution in [3.63, 3.8) is 0 Å². The van der Waals surface area contributed by atoms with E-state index < -0.39 is 6.17 Å². The van der Waals surface area contributed by atoms with Crippen LogP contribution in [0.3, 0.4) is 0 Å². The highest BCUT2D eigenvalue weighted by molar-refractivity contribution is 6.02. The lowest BCUT2D eigenvalue weighted by Gasteiger charge is -2.43. The highest BCUT2D eigenvalue weighted by atomic mass is 19.1. The summed E-state index contributed by atoms with van der Waals surface area (Å²) < 4.78 is 17.1. The number of benzene rings is 2. The molecule has 2 aromatic carbocycles. The number of aromatic nitrogens is 4. The number of nitrogens with zero attached hydrogens (tertiary/aromatic N) is 5. The van der Waals surface area contributed by atoms with Gasteiger partial charge in [0.25, 0.3) is 5.56 Å². The number of hydrogen-bond donors (Lipinski definition) is 1. The van der Waals surface area contributed by atoms with E-state index >= 15 is 0 Å². The molecule has 7 rings (SSSR count). The van der Waals surface area contributed by atoms with Gasteiger partial charge in [0, 0.05) is 54.7 Å². The molecule has 2 fully saturated rings. The first-order valence-corrected chi connectivity index (χ1v) is 12.7. The molecule has 0 atom stereocenters. The number of nitrogen functional groups attached to an aromatic ring is 1. The van der Waals surface area contributed by atoms with E-state index in [0.717, 1.165) is 52.6 Å². The Hall–Kier alpha value is -4.04. The molecule has 0 bridgehead atoms. The van der Waals surface area contributed by atoms with Gasteiger partial charge in [-0.1, -0.05) is 30.3 Å². The fourth-order valence-electron chi connectivity index (χ4n) is 5.90. The zero-order valence-electron chi connectivity index (χ0n) is 20.3. The summed E-state index contributed by atoms with van der Waals surface area (Å²) >= 11 is 0. The number of likely N-dealkylation sites (tertiary alicyclic amines) is 1. The van der Waals surface area contributed by atoms with Crippen LogP contribution in [0.1, 0.15) is 18.9 Å². The summed E-state index contributed by atoms with van der Waals surface area (Å²) in [5, 5.41) is 2.34. The molecule has 1 saturated carbocycles. The molecule has 186 valence electrons. The smallest absolute Gasteiger partial charge is 0.262 e. The fourth-order valence-corrected chi connectivity index (χ4v) is 5.90. The van der Waals surface area contributed by atoms with Crippen molar-refractivity contribution in [2.75, 3.05) is 25.4 Å². The van der Waals surface area contributed by atoms with Crippen molar-refractivity contribution in [1.29, 1.82) is 0 Å². The minimum absolute atomic E-state index is 0.0677. The third-order valence-electron chi connectivity index (χ3n) is 7.92. The van der Waals surface area contributed by atoms with Gasteiger partial charge in [0.15, 0.2) is 0 Å². The molecule has 4 heterocycles. The first kappa shape index (κ1) is 22.2. The summed E-state index contributed by atoms with van der Waals surface area (Å²) in [6.07, 6.45) is 6.83. The Morgan fingerprint density at radius 1 is 1.03 bits per heavy atom. The summed E-state index contributed by atoms with van der Waals surface area (Å²) in [5.74, 6) is 0.994. The summed E-state index contributed by atoms with van der Waals surface area (Å²) in [7, 11) is 0. The summed E-state index contributed by atoms with van der Waals surface area (Å²) in [6, 6.07) is 17.9. The second-order valence-electron chi connectivity index (χ2n) is 10.3. The van der Waals surface area contributed by atoms with Crippen molar-refractivity contribution in [2.24, 2.45) is 5.92 Å². The lowest BCUT2D eigenvalue weighted by atomic mass is 9.79. The third kappa shape index (κ3) is 3.71. The molecular formula is C29H27FN6O. The maximum absolute atomic E-state index is 13.5. The predicted molar refractivity (Wildman–Crippen MR) is 144 cm³/mol. The van der Waals surface area contributed by atoms with Gasteiger partial charge in [-0.3, -0.25) is 14.3 Å². The second kappa shape index (κ2) is 8.52. The number of fused-ring (bicyclic) bond motifs is 2. The van der Waals surface area contributed by atoms with Gasteiger partial charge in [-0.2, -0.15) is 0 Å². The largest absolute Gasteiger partial charge is 0.383 e. The SMILES string of the molecule is Nc1ncnc2c1c(-c1ccc3ccn(-c4ccccc4)c(=O)c3c1)cn2C1CC(CN2CC(F)C2)C1. The van der Waals surface area contributed by atoms with Crippen LogP contribution in [-0.2, 0) is 0 Å². The van der Waals surface area contributed by atoms with Gasteiger partial charge in [-0.15, -0.1) is 0 Å². The maximum atomic E-state index is 13.5. The normalized spacial score (nSPS) is 20.2. The minimum Gasteiger partial charge on any atom is -0.383 e. The van der Waals surface area contributed by atoms with E-state index in [1.54, 1.807) is 4.57 Å². The zero-order valence-corrected chi connectivity index (χ0v) is 20.3. The summed E-state index contributed by atoms with van der Waals surface area (Å²) in [4.78, 5) is 24.5. The van der Waals surface area contributed by atoms with Crippen LogP contribution >= 0.6 is 0 Å². The van der Waals surface area contributed by atoms with E-state index in [4.69, 9.17) is 5.73 Å². The lowest BCUT2D eigenvalue weighted by molar-refractivity contribution is 0.0282. The number of anilines is 1. The van der Waals surface area contributed by atoms with Crippen LogP contribution in [0, 0.1) is 5.92 Å². The number of para-hydroxylation sites is 1. The van der Waals surface area contributed by atoms with E-state index in [1.165, 1.54) is 6.33 Å². The quantitative estimate of drug-likeness (QED) is 0.387. The number of alkyl halides is 1. The van der Waals surface area contributed by atoms with Crippen LogP contribution in [0.15, 0.2) is 78.1 Å². The molecule has 8 heteroatoms. The van der Waals surface area contributed by atoms with Crippen molar-refractivity contribution < 1.29 is 4.39 Å². The molecule has 1 aliphatic heterocycles. The van der Waals surface area contributed by atoms with E-state index in [2.05, 4.69) is 25.6 Å². The van der Waals surface area contributed by atoms with Crippen LogP contribution < -0.4 is 11.3 Å². The molecule has 2 N–H and O–H groups in total. The van der Waals surface area contributed by atoms with Crippen molar-refractivity contribution in [2.45, 2.75) is 25.1 Å². The van der Waals surface area contributed by atoms with E-state index in [9.17, 15) is 9.18 Å². The Morgan fingerprint density at radius 3 is 2.62 bits per heavy atom. The summed E-state index contributed by atoms with van der Waals surface area (Å²) in [5.41, 5.74) is 9.78. The van der Waals surface area contributed by atoms with Crippen LogP contribution in [0.5, 0.6) is 0 Å². The highest BCUT2D eigenvalue weighted by Gasteiger charge is 2.36. The first-order valence-electron chi connectivity index (χ1n) is 12.7. The van der Waals surface area contributed by atoms with Crippen LogP contribution in [0.2, 0.25) is 0 Å². The standard InChI is InChI=1S/C29H27FN6O/c30-21-14-34(15-21)13-18-10-23(11-18)36-16-25(26-27(31)32-17-33-28(26)36)20-7-6-19-8-9-35(29(37)24(19)12-20)22-4-2-1-3-5-22/h1-9,12,16-18,21,23H,10-11,13-15H2,(H2,31,32,33). The Balaban J connectivity index is 1.27. The molecule has 37 heavy (non-hydrogen) atoms. The van der Waals surface area contributed by atoms with Crippen LogP contribution in [0.25, 0.3) is 38.6 Å². The zero-order chi connectivity index (χ0) is 25.1. The monoisotopic (exact) mass is 494 g/mol. The van der Waals surface area contributed by atoms with E-state index in [0.29, 0.717) is 36.3 Å². The maximum Gasteiger partial charge on any atom is 0.262 e. The molecule has 5 aromatic rings. The number of pyridine rings is 1. The van der Waals surface area contributed by atoms with E-state index in [1.807, 2.05) is 60.8 Å². The van der Waals surface area contributed by atoms with Crippen molar-refractivity contribution in [3.8, 4) is 16.8 Å². The summed E-state index contributed by atoms with van der Waals surface area (Å²) in [6.45, 7) is 2.09. The second-order valence-corrected chi connectivity index (χ2v) is 10.3. The van der Waals surface area contributed by atoms with Gasteiger partial charge >= 0.3 is 0 Å². The molecular weight excluding hydrogens is 467 g/mol. The van der Waals surface area contributed by atoms with Crippen LogP contribution in [-0.4, -0.2) is 49.8 Å². The minimum atomic E-state index is -0.662. The Labute approximate surface area is 213 Å². The number of hydrogen-bond acceptors (Lipinski definition) is 5. The fraction of sp³-hybridized carbons (Fsp3) is 0.276. The Morgan fingerprint density at radius 2 is 1.84 bits per heavy atom. The lowest BCUT2D eigenvalue weighted by Crippen LogP contribution is -2.51. The molecule has 0 unspecified atom stereocenters. The molecule has 0 spiro atoms. The van der Waals surface area contributed by atoms with Gasteiger partial charge in [0.1, 0.15) is 24.0 Å². The molecule has 2 aliphatic rings. The Kier molecular flexibility index (Phi) is 5.11. The Bertz CT molecular complexity index is 1680. The van der Waals surface area contributed by atoms with Crippen molar-refractivity contribution in [3.05, 3.63) is 83.7 Å². The molecule has 0 amide bonds. The molecule has 7 nitrogen and oxygen atoms in total. The van der Waals surface area contributed by atoms with Gasteiger partial charge in [-0.05, 0) is 54.0 Å². The topological polar surface area (TPSA) is 82.0 Å². The molecule has 0 radical (unpaired) electrons. The average molecular weight is 495 g/mol. The van der Waals surface area contributed by atoms with Gasteiger partial charge in [-0.25, -0.2) is 14.4 Å². The number of rotatable bonds is 5. The average Bonchev–Trinajstić information content (AvgIpc) is 3.26. The first-order chi connectivity index (χ1) is 18.0. The molecule has 3 aromatic heterocycles. The third-order valence-corrected chi connectivity index (χ3v) is 7.92. The predicted octanol–water partition coefficient (Wildman–Crippen LogP) is 4.59. The van der Waals surface area contributed by atoms with Crippen LogP contribution in [0.4, 0.5) is 10.2 Å². The molecule has 1 aliphatic carbocycles. The highest BCUT2D eigenvalue weighted by Crippen LogP contribution is 2.43. The number of halogens is 1. The van der Waals surface area contributed by atoms with Gasteiger partial charge in [0.2, 0.25) is 0 Å². The number of nitrogens with two attached hydrogens (primary N) is 1. The van der Waals surface area contributed by atoms with Crippen molar-refractivity contribution >= 4 is 27.6 Å². The van der Waals surface area contributed by atoms with Gasteiger partial charge < -0.3 is 10.3 Å². The van der Waals surface area contributed by atoms with Gasteiger partial charge in [0.05, 0.1) is 5.39 Å². The van der Waals surface area contributed by atoms with E-state index in [-0.39, 0.29) is 5.56 Å².